The molecule has 2 unspecified atom stereocenters. The van der Waals surface area contributed by atoms with Crippen LogP contribution in [0.15, 0.2) is 6.33 Å². The molecule has 0 aromatic carbocycles. The van der Waals surface area contributed by atoms with E-state index < -0.39 is 6.10 Å². The van der Waals surface area contributed by atoms with Gasteiger partial charge < -0.3 is 10.0 Å². The van der Waals surface area contributed by atoms with Crippen LogP contribution in [0.1, 0.15) is 33.0 Å². The van der Waals surface area contributed by atoms with Crippen LogP contribution < -0.4 is 0 Å². The van der Waals surface area contributed by atoms with E-state index in [4.69, 9.17) is 0 Å². The van der Waals surface area contributed by atoms with Gasteiger partial charge in [0.05, 0.1) is 6.10 Å². The standard InChI is InChI=1S/C12H24N4O/c1-6-12(3,15(4)5)10(17)8-11-13-9-14-16(11)7-2/h9-10,17H,6-8H2,1-5H3. The molecule has 1 heterocycles. The summed E-state index contributed by atoms with van der Waals surface area (Å²) in [5.41, 5.74) is -0.232. The second-order valence-electron chi connectivity index (χ2n) is 4.82. The van der Waals surface area contributed by atoms with Crippen LogP contribution in [0.2, 0.25) is 0 Å². The number of aliphatic hydroxyl groups is 1. The van der Waals surface area contributed by atoms with Gasteiger partial charge in [-0.2, -0.15) is 5.10 Å². The van der Waals surface area contributed by atoms with Crippen LogP contribution in [0.3, 0.4) is 0 Å². The zero-order valence-corrected chi connectivity index (χ0v) is 11.5. The lowest BCUT2D eigenvalue weighted by Crippen LogP contribution is -2.51. The van der Waals surface area contributed by atoms with Gasteiger partial charge in [-0.3, -0.25) is 4.68 Å². The third-order valence-electron chi connectivity index (χ3n) is 3.83. The van der Waals surface area contributed by atoms with Crippen molar-refractivity contribution in [2.45, 2.75) is 51.8 Å². The van der Waals surface area contributed by atoms with E-state index in [2.05, 4.69) is 28.8 Å². The summed E-state index contributed by atoms with van der Waals surface area (Å²) in [5.74, 6) is 0.849. The van der Waals surface area contributed by atoms with Crippen molar-refractivity contribution in [3.8, 4) is 0 Å². The Bertz CT molecular complexity index is 350. The lowest BCUT2D eigenvalue weighted by atomic mass is 9.88. The van der Waals surface area contributed by atoms with E-state index in [1.54, 1.807) is 6.33 Å². The zero-order chi connectivity index (χ0) is 13.1. The maximum absolute atomic E-state index is 10.4. The van der Waals surface area contributed by atoms with Crippen molar-refractivity contribution >= 4 is 0 Å². The Kier molecular flexibility index (Phi) is 4.65. The quantitative estimate of drug-likeness (QED) is 0.804. The number of aliphatic hydroxyl groups excluding tert-OH is 1. The molecule has 2 atom stereocenters. The Morgan fingerprint density at radius 1 is 1.47 bits per heavy atom. The van der Waals surface area contributed by atoms with Crippen LogP contribution >= 0.6 is 0 Å². The second-order valence-corrected chi connectivity index (χ2v) is 4.82. The molecule has 0 fully saturated rings. The first-order chi connectivity index (χ1) is 7.95. The van der Waals surface area contributed by atoms with Crippen molar-refractivity contribution < 1.29 is 5.11 Å². The van der Waals surface area contributed by atoms with E-state index >= 15 is 0 Å². The molecule has 1 aromatic heterocycles. The van der Waals surface area contributed by atoms with E-state index in [0.717, 1.165) is 18.8 Å². The lowest BCUT2D eigenvalue weighted by Gasteiger charge is -2.39. The molecule has 0 radical (unpaired) electrons. The summed E-state index contributed by atoms with van der Waals surface area (Å²) in [4.78, 5) is 6.28. The van der Waals surface area contributed by atoms with Crippen molar-refractivity contribution in [3.05, 3.63) is 12.2 Å². The molecule has 1 aromatic rings. The van der Waals surface area contributed by atoms with Gasteiger partial charge in [0.1, 0.15) is 12.2 Å². The van der Waals surface area contributed by atoms with Crippen molar-refractivity contribution in [2.24, 2.45) is 0 Å². The Labute approximate surface area is 103 Å². The van der Waals surface area contributed by atoms with Gasteiger partial charge in [0.25, 0.3) is 0 Å². The summed E-state index contributed by atoms with van der Waals surface area (Å²) in [7, 11) is 3.99. The third kappa shape index (κ3) is 2.84. The molecule has 98 valence electrons. The minimum absolute atomic E-state index is 0.232. The molecule has 0 bridgehead atoms. The van der Waals surface area contributed by atoms with E-state index in [1.807, 2.05) is 25.7 Å². The van der Waals surface area contributed by atoms with Crippen LogP contribution in [0.25, 0.3) is 0 Å². The van der Waals surface area contributed by atoms with Gasteiger partial charge in [-0.25, -0.2) is 4.98 Å². The smallest absolute Gasteiger partial charge is 0.138 e. The Morgan fingerprint density at radius 2 is 2.12 bits per heavy atom. The molecule has 0 spiro atoms. The third-order valence-corrected chi connectivity index (χ3v) is 3.83. The first kappa shape index (κ1) is 14.1. The SMILES string of the molecule is CCn1ncnc1CC(O)C(C)(CC)N(C)C. The number of hydrogen-bond acceptors (Lipinski definition) is 4. The molecule has 5 nitrogen and oxygen atoms in total. The number of nitrogens with zero attached hydrogens (tertiary/aromatic N) is 4. The molecule has 0 saturated heterocycles. The molecule has 0 aliphatic carbocycles. The summed E-state index contributed by atoms with van der Waals surface area (Å²) in [6.45, 7) is 6.97. The number of likely N-dealkylation sites (N-methyl/N-ethyl adjacent to an activating group) is 1. The van der Waals surface area contributed by atoms with Crippen LogP contribution in [0.5, 0.6) is 0 Å². The highest BCUT2D eigenvalue weighted by atomic mass is 16.3. The highest BCUT2D eigenvalue weighted by Crippen LogP contribution is 2.23. The molecule has 0 saturated carbocycles. The van der Waals surface area contributed by atoms with Gasteiger partial charge in [0, 0.05) is 18.5 Å². The molecule has 1 rings (SSSR count). The monoisotopic (exact) mass is 240 g/mol. The summed E-state index contributed by atoms with van der Waals surface area (Å²) >= 11 is 0. The van der Waals surface area contributed by atoms with Gasteiger partial charge in [-0.05, 0) is 34.4 Å². The van der Waals surface area contributed by atoms with Gasteiger partial charge in [-0.1, -0.05) is 6.92 Å². The highest BCUT2D eigenvalue weighted by Gasteiger charge is 2.34. The van der Waals surface area contributed by atoms with Crippen LogP contribution in [0, 0.1) is 0 Å². The Hall–Kier alpha value is -0.940. The minimum Gasteiger partial charge on any atom is -0.391 e. The molecular formula is C12H24N4O. The predicted octanol–water partition coefficient (Wildman–Crippen LogP) is 0.932. The van der Waals surface area contributed by atoms with Crippen molar-refractivity contribution in [2.75, 3.05) is 14.1 Å². The van der Waals surface area contributed by atoms with E-state index in [-0.39, 0.29) is 5.54 Å². The first-order valence-corrected chi connectivity index (χ1v) is 6.17. The topological polar surface area (TPSA) is 54.2 Å². The van der Waals surface area contributed by atoms with E-state index in [0.29, 0.717) is 6.42 Å². The lowest BCUT2D eigenvalue weighted by molar-refractivity contribution is 0.00133. The maximum Gasteiger partial charge on any atom is 0.138 e. The Balaban J connectivity index is 2.81. The molecule has 1 N–H and O–H groups in total. The molecule has 5 heteroatoms. The molecule has 17 heavy (non-hydrogen) atoms. The molecule has 0 aliphatic heterocycles. The molecule has 0 aliphatic rings. The van der Waals surface area contributed by atoms with E-state index in [9.17, 15) is 5.11 Å². The predicted molar refractivity (Wildman–Crippen MR) is 67.8 cm³/mol. The van der Waals surface area contributed by atoms with Crippen LogP contribution in [0.4, 0.5) is 0 Å². The maximum atomic E-state index is 10.4. The summed E-state index contributed by atoms with van der Waals surface area (Å²) in [5, 5.41) is 14.5. The average molecular weight is 240 g/mol. The molecule has 0 amide bonds. The summed E-state index contributed by atoms with van der Waals surface area (Å²) in [6.07, 6.45) is 2.53. The van der Waals surface area contributed by atoms with Gasteiger partial charge in [0.15, 0.2) is 0 Å². The van der Waals surface area contributed by atoms with Gasteiger partial charge in [-0.15, -0.1) is 0 Å². The highest BCUT2D eigenvalue weighted by molar-refractivity contribution is 4.97. The van der Waals surface area contributed by atoms with Crippen LogP contribution in [-0.2, 0) is 13.0 Å². The largest absolute Gasteiger partial charge is 0.391 e. The van der Waals surface area contributed by atoms with Crippen molar-refractivity contribution in [1.82, 2.24) is 19.7 Å². The van der Waals surface area contributed by atoms with E-state index in [1.165, 1.54) is 0 Å². The average Bonchev–Trinajstić information content (AvgIpc) is 2.74. The fraction of sp³-hybridized carbons (Fsp3) is 0.833. The zero-order valence-electron chi connectivity index (χ0n) is 11.5. The molecular weight excluding hydrogens is 216 g/mol. The van der Waals surface area contributed by atoms with Gasteiger partial charge in [0.2, 0.25) is 0 Å². The van der Waals surface area contributed by atoms with Crippen LogP contribution in [-0.4, -0.2) is 50.5 Å². The number of aryl methyl sites for hydroxylation is 1. The summed E-state index contributed by atoms with van der Waals surface area (Å²) in [6, 6.07) is 0. The number of rotatable bonds is 6. The van der Waals surface area contributed by atoms with Crippen molar-refractivity contribution in [3.63, 3.8) is 0 Å². The number of hydrogen-bond donors (Lipinski definition) is 1. The normalized spacial score (nSPS) is 17.1. The summed E-state index contributed by atoms with van der Waals surface area (Å²) < 4.78 is 1.83. The van der Waals surface area contributed by atoms with Crippen molar-refractivity contribution in [1.29, 1.82) is 0 Å². The van der Waals surface area contributed by atoms with Gasteiger partial charge >= 0.3 is 0 Å². The fourth-order valence-electron chi connectivity index (χ4n) is 1.95. The fourth-order valence-corrected chi connectivity index (χ4v) is 1.95. The first-order valence-electron chi connectivity index (χ1n) is 6.17. The minimum atomic E-state index is -0.447. The number of aromatic nitrogens is 3. The Morgan fingerprint density at radius 3 is 2.59 bits per heavy atom. The second kappa shape index (κ2) is 5.60.